The molecule has 0 saturated carbocycles. The first kappa shape index (κ1) is 20.3. The summed E-state index contributed by atoms with van der Waals surface area (Å²) in [7, 11) is 1.49. The summed E-state index contributed by atoms with van der Waals surface area (Å²) < 4.78 is 50.4. The number of rotatable bonds is 6. The number of para-hydroxylation sites is 2. The molecule has 0 heterocycles. The molecule has 0 spiro atoms. The molecule has 29 heavy (non-hydrogen) atoms. The Balaban J connectivity index is 1.81. The third-order valence-electron chi connectivity index (χ3n) is 4.16. The van der Waals surface area contributed by atoms with Crippen molar-refractivity contribution in [3.8, 4) is 11.5 Å². The minimum absolute atomic E-state index is 0.132. The topological polar surface area (TPSA) is 47.6 Å². The number of alkyl halides is 3. The van der Waals surface area contributed by atoms with Crippen molar-refractivity contribution in [2.24, 2.45) is 0 Å². The van der Waals surface area contributed by atoms with Crippen LogP contribution in [-0.2, 0) is 12.8 Å². The van der Waals surface area contributed by atoms with Gasteiger partial charge in [0.15, 0.2) is 0 Å². The summed E-state index contributed by atoms with van der Waals surface area (Å²) in [6.45, 7) is 0.132. The zero-order valence-electron chi connectivity index (χ0n) is 15.5. The molecular formula is C22H18F3NO3. The van der Waals surface area contributed by atoms with Crippen LogP contribution in [0.15, 0.2) is 72.8 Å². The highest BCUT2D eigenvalue weighted by atomic mass is 19.4. The second kappa shape index (κ2) is 8.68. The van der Waals surface area contributed by atoms with Gasteiger partial charge in [0.05, 0.1) is 18.4 Å². The lowest BCUT2D eigenvalue weighted by Gasteiger charge is -2.15. The zero-order valence-corrected chi connectivity index (χ0v) is 15.5. The van der Waals surface area contributed by atoms with E-state index in [1.807, 2.05) is 18.2 Å². The Hall–Kier alpha value is -3.48. The Kier molecular flexibility index (Phi) is 6.07. The zero-order chi connectivity index (χ0) is 20.9. The summed E-state index contributed by atoms with van der Waals surface area (Å²) >= 11 is 0. The Morgan fingerprint density at radius 3 is 2.34 bits per heavy atom. The molecule has 7 heteroatoms. The molecule has 0 saturated heterocycles. The van der Waals surface area contributed by atoms with Gasteiger partial charge in [-0.25, -0.2) is 0 Å². The fraction of sp³-hybridized carbons (Fsp3) is 0.136. The molecule has 3 rings (SSSR count). The number of nitrogens with one attached hydrogen (secondary N) is 1. The van der Waals surface area contributed by atoms with Gasteiger partial charge in [0, 0.05) is 11.1 Å². The maximum Gasteiger partial charge on any atom is 0.418 e. The monoisotopic (exact) mass is 401 g/mol. The number of methoxy groups -OCH3 is 1. The van der Waals surface area contributed by atoms with Crippen LogP contribution in [0.5, 0.6) is 11.5 Å². The molecule has 0 unspecified atom stereocenters. The van der Waals surface area contributed by atoms with E-state index in [9.17, 15) is 18.0 Å². The van der Waals surface area contributed by atoms with E-state index in [1.54, 1.807) is 18.2 Å². The van der Waals surface area contributed by atoms with Gasteiger partial charge in [-0.1, -0.05) is 30.3 Å². The Labute approximate surface area is 165 Å². The summed E-state index contributed by atoms with van der Waals surface area (Å²) in [5.41, 5.74) is -0.431. The molecule has 0 fully saturated rings. The molecule has 0 aromatic heterocycles. The molecule has 0 atom stereocenters. The summed E-state index contributed by atoms with van der Waals surface area (Å²) in [6, 6.07) is 18.5. The van der Waals surface area contributed by atoms with Crippen LogP contribution in [0.25, 0.3) is 0 Å². The molecule has 3 aromatic rings. The van der Waals surface area contributed by atoms with Gasteiger partial charge < -0.3 is 14.8 Å². The molecule has 0 bridgehead atoms. The van der Waals surface area contributed by atoms with E-state index < -0.39 is 17.6 Å². The van der Waals surface area contributed by atoms with Gasteiger partial charge in [-0.3, -0.25) is 4.79 Å². The summed E-state index contributed by atoms with van der Waals surface area (Å²) in [5, 5.41) is 2.33. The number of amides is 1. The molecule has 0 aliphatic rings. The lowest BCUT2D eigenvalue weighted by atomic mass is 10.1. The first-order valence-electron chi connectivity index (χ1n) is 8.71. The molecule has 3 aromatic carbocycles. The van der Waals surface area contributed by atoms with Crippen molar-refractivity contribution in [2.75, 3.05) is 12.4 Å². The molecule has 1 amide bonds. The van der Waals surface area contributed by atoms with Crippen molar-refractivity contribution in [2.45, 2.75) is 12.8 Å². The molecule has 0 radical (unpaired) electrons. The van der Waals surface area contributed by atoms with Gasteiger partial charge >= 0.3 is 6.18 Å². The predicted octanol–water partition coefficient (Wildman–Crippen LogP) is 5.55. The first-order valence-corrected chi connectivity index (χ1v) is 8.71. The molecule has 1 N–H and O–H groups in total. The van der Waals surface area contributed by atoms with E-state index in [0.717, 1.165) is 6.07 Å². The number of hydrogen-bond donors (Lipinski definition) is 1. The highest BCUT2D eigenvalue weighted by Crippen LogP contribution is 2.34. The van der Waals surface area contributed by atoms with Gasteiger partial charge in [0.25, 0.3) is 5.91 Å². The van der Waals surface area contributed by atoms with Crippen LogP contribution in [0, 0.1) is 0 Å². The number of ether oxygens (including phenoxy) is 2. The van der Waals surface area contributed by atoms with Crippen molar-refractivity contribution in [1.29, 1.82) is 0 Å². The predicted molar refractivity (Wildman–Crippen MR) is 103 cm³/mol. The second-order valence-electron chi connectivity index (χ2n) is 6.13. The van der Waals surface area contributed by atoms with E-state index in [1.165, 1.54) is 37.4 Å². The van der Waals surface area contributed by atoms with Gasteiger partial charge in [0.1, 0.15) is 18.1 Å². The molecule has 4 nitrogen and oxygen atoms in total. The van der Waals surface area contributed by atoms with E-state index in [4.69, 9.17) is 9.47 Å². The maximum atomic E-state index is 13.1. The van der Waals surface area contributed by atoms with Crippen molar-refractivity contribution < 1.29 is 27.4 Å². The number of anilines is 1. The highest BCUT2D eigenvalue weighted by molar-refractivity contribution is 6.05. The number of carbonyl (C=O) groups is 1. The van der Waals surface area contributed by atoms with Crippen LogP contribution in [0.3, 0.4) is 0 Å². The summed E-state index contributed by atoms with van der Waals surface area (Å²) in [4.78, 5) is 12.6. The van der Waals surface area contributed by atoms with Crippen molar-refractivity contribution >= 4 is 11.6 Å². The minimum Gasteiger partial charge on any atom is -0.496 e. The number of hydrogen-bond acceptors (Lipinski definition) is 3. The van der Waals surface area contributed by atoms with Crippen LogP contribution in [-0.4, -0.2) is 13.0 Å². The molecule has 150 valence electrons. The van der Waals surface area contributed by atoms with Gasteiger partial charge in [0.2, 0.25) is 0 Å². The van der Waals surface area contributed by atoms with E-state index >= 15 is 0 Å². The number of benzene rings is 3. The lowest BCUT2D eigenvalue weighted by Crippen LogP contribution is -2.17. The fourth-order valence-corrected chi connectivity index (χ4v) is 2.74. The van der Waals surface area contributed by atoms with E-state index in [-0.39, 0.29) is 17.9 Å². The average Bonchev–Trinajstić information content (AvgIpc) is 2.72. The van der Waals surface area contributed by atoms with Gasteiger partial charge in [-0.2, -0.15) is 13.2 Å². The Morgan fingerprint density at radius 1 is 0.966 bits per heavy atom. The largest absolute Gasteiger partial charge is 0.496 e. The standard InChI is InChI=1S/C22H18F3NO3/c1-28-20-12-11-15(13-16(20)14-29-17-7-3-2-4-8-17)21(27)26-19-10-6-5-9-18(19)22(23,24)25/h2-13H,14H2,1H3,(H,26,27). The van der Waals surface area contributed by atoms with Crippen molar-refractivity contribution in [1.82, 2.24) is 0 Å². The average molecular weight is 401 g/mol. The minimum atomic E-state index is -4.57. The normalized spacial score (nSPS) is 11.0. The number of halogens is 3. The molecule has 0 aliphatic heterocycles. The summed E-state index contributed by atoms with van der Waals surface area (Å²) in [5.74, 6) is 0.488. The van der Waals surface area contributed by atoms with Crippen LogP contribution in [0.4, 0.5) is 18.9 Å². The SMILES string of the molecule is COc1ccc(C(=O)Nc2ccccc2C(F)(F)F)cc1COc1ccccc1. The fourth-order valence-electron chi connectivity index (χ4n) is 2.74. The van der Waals surface area contributed by atoms with Crippen LogP contribution < -0.4 is 14.8 Å². The van der Waals surface area contributed by atoms with E-state index in [0.29, 0.717) is 17.1 Å². The maximum absolute atomic E-state index is 13.1. The van der Waals surface area contributed by atoms with Crippen LogP contribution in [0.1, 0.15) is 21.5 Å². The summed E-state index contributed by atoms with van der Waals surface area (Å²) in [6.07, 6.45) is -4.57. The van der Waals surface area contributed by atoms with Crippen molar-refractivity contribution in [3.05, 3.63) is 89.5 Å². The molecular weight excluding hydrogens is 383 g/mol. The smallest absolute Gasteiger partial charge is 0.418 e. The van der Waals surface area contributed by atoms with Crippen molar-refractivity contribution in [3.63, 3.8) is 0 Å². The van der Waals surface area contributed by atoms with Crippen LogP contribution >= 0.6 is 0 Å². The first-order chi connectivity index (χ1) is 13.9. The van der Waals surface area contributed by atoms with Gasteiger partial charge in [-0.15, -0.1) is 0 Å². The third-order valence-corrected chi connectivity index (χ3v) is 4.16. The van der Waals surface area contributed by atoms with E-state index in [2.05, 4.69) is 5.32 Å². The Morgan fingerprint density at radius 2 is 1.66 bits per heavy atom. The number of carbonyl (C=O) groups excluding carboxylic acids is 1. The highest BCUT2D eigenvalue weighted by Gasteiger charge is 2.33. The molecule has 0 aliphatic carbocycles. The lowest BCUT2D eigenvalue weighted by molar-refractivity contribution is -0.136. The Bertz CT molecular complexity index is 988. The second-order valence-corrected chi connectivity index (χ2v) is 6.13. The van der Waals surface area contributed by atoms with Gasteiger partial charge in [-0.05, 0) is 42.5 Å². The van der Waals surface area contributed by atoms with Crippen LogP contribution in [0.2, 0.25) is 0 Å². The third kappa shape index (κ3) is 5.07. The quantitative estimate of drug-likeness (QED) is 0.590.